The van der Waals surface area contributed by atoms with E-state index in [-0.39, 0.29) is 0 Å². The van der Waals surface area contributed by atoms with E-state index in [2.05, 4.69) is 16.5 Å². The molecular weight excluding hydrogens is 182 g/mol. The maximum atomic E-state index is 4.32. The average Bonchev–Trinajstić information content (AvgIpc) is 2.71. The second-order valence-electron chi connectivity index (χ2n) is 3.42. The summed E-state index contributed by atoms with van der Waals surface area (Å²) in [5, 5.41) is 7.83. The molecule has 0 saturated carbocycles. The lowest BCUT2D eigenvalue weighted by molar-refractivity contribution is 0.547. The van der Waals surface area contributed by atoms with Gasteiger partial charge in [-0.2, -0.15) is 16.9 Å². The molecule has 1 aromatic rings. The van der Waals surface area contributed by atoms with Crippen LogP contribution in [0.1, 0.15) is 12.1 Å². The number of nitrogens with one attached hydrogen (secondary N) is 1. The van der Waals surface area contributed by atoms with Crippen molar-refractivity contribution in [3.63, 3.8) is 0 Å². The summed E-state index contributed by atoms with van der Waals surface area (Å²) in [5.74, 6) is 2.56. The molecule has 1 unspecified atom stereocenters. The van der Waals surface area contributed by atoms with Crippen LogP contribution in [-0.2, 0) is 13.6 Å². The molecule has 1 saturated heterocycles. The summed E-state index contributed by atoms with van der Waals surface area (Å²) in [7, 11) is 1.95. The van der Waals surface area contributed by atoms with E-state index >= 15 is 0 Å². The topological polar surface area (TPSA) is 29.9 Å². The van der Waals surface area contributed by atoms with Gasteiger partial charge in [-0.25, -0.2) is 0 Å². The molecule has 0 spiro atoms. The molecule has 0 aromatic carbocycles. The molecule has 0 aliphatic carbocycles. The predicted octanol–water partition coefficient (Wildman–Crippen LogP) is 1.02. The van der Waals surface area contributed by atoms with Crippen LogP contribution in [0.15, 0.2) is 12.3 Å². The van der Waals surface area contributed by atoms with Gasteiger partial charge in [0.25, 0.3) is 0 Å². The van der Waals surface area contributed by atoms with Crippen LogP contribution in [-0.4, -0.2) is 27.3 Å². The van der Waals surface area contributed by atoms with Crippen LogP contribution in [0.4, 0.5) is 0 Å². The smallest absolute Gasteiger partial charge is 0.0762 e. The number of aromatic nitrogens is 2. The van der Waals surface area contributed by atoms with Crippen LogP contribution < -0.4 is 5.32 Å². The van der Waals surface area contributed by atoms with Crippen molar-refractivity contribution in [1.82, 2.24) is 15.1 Å². The van der Waals surface area contributed by atoms with Gasteiger partial charge in [-0.1, -0.05) is 0 Å². The first-order valence-corrected chi connectivity index (χ1v) is 5.80. The van der Waals surface area contributed by atoms with Crippen molar-refractivity contribution in [2.45, 2.75) is 19.0 Å². The Hall–Kier alpha value is -0.480. The molecule has 13 heavy (non-hydrogen) atoms. The Morgan fingerprint density at radius 3 is 3.31 bits per heavy atom. The third kappa shape index (κ3) is 2.48. The van der Waals surface area contributed by atoms with E-state index in [0.717, 1.165) is 12.2 Å². The van der Waals surface area contributed by atoms with Gasteiger partial charge in [0.15, 0.2) is 0 Å². The average molecular weight is 197 g/mol. The van der Waals surface area contributed by atoms with Gasteiger partial charge in [-0.3, -0.25) is 4.68 Å². The van der Waals surface area contributed by atoms with E-state index in [1.54, 1.807) is 0 Å². The van der Waals surface area contributed by atoms with Crippen molar-refractivity contribution in [2.24, 2.45) is 7.05 Å². The number of rotatable bonds is 3. The number of thioether (sulfide) groups is 1. The molecule has 1 aromatic heterocycles. The van der Waals surface area contributed by atoms with Crippen LogP contribution in [0.2, 0.25) is 0 Å². The lowest BCUT2D eigenvalue weighted by Crippen LogP contribution is -2.28. The maximum Gasteiger partial charge on any atom is 0.0762 e. The Labute approximate surface area is 82.9 Å². The summed E-state index contributed by atoms with van der Waals surface area (Å²) >= 11 is 2.03. The monoisotopic (exact) mass is 197 g/mol. The van der Waals surface area contributed by atoms with Crippen molar-refractivity contribution < 1.29 is 0 Å². The van der Waals surface area contributed by atoms with E-state index in [9.17, 15) is 0 Å². The minimum absolute atomic E-state index is 0.701. The zero-order chi connectivity index (χ0) is 9.10. The maximum absolute atomic E-state index is 4.32. The van der Waals surface area contributed by atoms with Crippen molar-refractivity contribution >= 4 is 11.8 Å². The second-order valence-corrected chi connectivity index (χ2v) is 4.57. The molecule has 1 aliphatic heterocycles. The van der Waals surface area contributed by atoms with Crippen LogP contribution >= 0.6 is 11.8 Å². The highest BCUT2D eigenvalue weighted by Gasteiger charge is 2.14. The molecule has 0 amide bonds. The van der Waals surface area contributed by atoms with Gasteiger partial charge < -0.3 is 5.32 Å². The molecule has 1 aliphatic rings. The summed E-state index contributed by atoms with van der Waals surface area (Å²) in [6, 6.07) is 2.77. The largest absolute Gasteiger partial charge is 0.307 e. The Morgan fingerprint density at radius 1 is 1.77 bits per heavy atom. The minimum atomic E-state index is 0.701. The zero-order valence-corrected chi connectivity index (χ0v) is 8.68. The molecule has 2 heterocycles. The fraction of sp³-hybridized carbons (Fsp3) is 0.667. The standard InChI is InChI=1S/C9H15N3S/c1-12-4-2-8(11-12)6-10-9-3-5-13-7-9/h2,4,9-10H,3,5-7H2,1H3. The summed E-state index contributed by atoms with van der Waals surface area (Å²) in [4.78, 5) is 0. The van der Waals surface area contributed by atoms with Gasteiger partial charge in [0.2, 0.25) is 0 Å². The van der Waals surface area contributed by atoms with E-state index in [4.69, 9.17) is 0 Å². The molecule has 3 nitrogen and oxygen atoms in total. The van der Waals surface area contributed by atoms with Crippen LogP contribution in [0.3, 0.4) is 0 Å². The molecule has 4 heteroatoms. The number of aryl methyl sites for hydroxylation is 1. The Balaban J connectivity index is 1.78. The summed E-state index contributed by atoms with van der Waals surface area (Å²) in [5.41, 5.74) is 1.14. The molecule has 1 N–H and O–H groups in total. The summed E-state index contributed by atoms with van der Waals surface area (Å²) in [6.07, 6.45) is 3.29. The first-order valence-electron chi connectivity index (χ1n) is 4.64. The Bertz CT molecular complexity index is 266. The van der Waals surface area contributed by atoms with Crippen LogP contribution in [0, 0.1) is 0 Å². The minimum Gasteiger partial charge on any atom is -0.307 e. The highest BCUT2D eigenvalue weighted by Crippen LogP contribution is 2.17. The molecule has 0 radical (unpaired) electrons. The van der Waals surface area contributed by atoms with Gasteiger partial charge in [-0.05, 0) is 18.2 Å². The van der Waals surface area contributed by atoms with Crippen molar-refractivity contribution in [2.75, 3.05) is 11.5 Å². The summed E-state index contributed by atoms with van der Waals surface area (Å²) < 4.78 is 1.85. The van der Waals surface area contributed by atoms with E-state index in [0.29, 0.717) is 6.04 Å². The van der Waals surface area contributed by atoms with Gasteiger partial charge in [0.05, 0.1) is 5.69 Å². The van der Waals surface area contributed by atoms with E-state index < -0.39 is 0 Å². The van der Waals surface area contributed by atoms with Gasteiger partial charge in [0.1, 0.15) is 0 Å². The van der Waals surface area contributed by atoms with Crippen LogP contribution in [0.25, 0.3) is 0 Å². The lowest BCUT2D eigenvalue weighted by atomic mass is 10.2. The zero-order valence-electron chi connectivity index (χ0n) is 7.86. The van der Waals surface area contributed by atoms with Gasteiger partial charge in [-0.15, -0.1) is 0 Å². The fourth-order valence-corrected chi connectivity index (χ4v) is 2.69. The summed E-state index contributed by atoms with van der Waals surface area (Å²) in [6.45, 7) is 0.909. The van der Waals surface area contributed by atoms with Crippen molar-refractivity contribution in [1.29, 1.82) is 0 Å². The lowest BCUT2D eigenvalue weighted by Gasteiger charge is -2.08. The molecule has 0 bridgehead atoms. The fourth-order valence-electron chi connectivity index (χ4n) is 1.50. The highest BCUT2D eigenvalue weighted by molar-refractivity contribution is 7.99. The first kappa shape index (κ1) is 9.09. The second kappa shape index (κ2) is 4.15. The first-order chi connectivity index (χ1) is 6.34. The molecule has 72 valence electrons. The Morgan fingerprint density at radius 2 is 2.69 bits per heavy atom. The van der Waals surface area contributed by atoms with Gasteiger partial charge >= 0.3 is 0 Å². The normalized spacial score (nSPS) is 22.4. The Kier molecular flexibility index (Phi) is 2.90. The van der Waals surface area contributed by atoms with E-state index in [1.165, 1.54) is 17.9 Å². The third-order valence-corrected chi connectivity index (χ3v) is 3.43. The SMILES string of the molecule is Cn1ccc(CNC2CCSC2)n1. The van der Waals surface area contributed by atoms with Crippen molar-refractivity contribution in [3.05, 3.63) is 18.0 Å². The third-order valence-electron chi connectivity index (χ3n) is 2.27. The van der Waals surface area contributed by atoms with E-state index in [1.807, 2.05) is 29.7 Å². The predicted molar refractivity (Wildman–Crippen MR) is 55.8 cm³/mol. The van der Waals surface area contributed by atoms with Gasteiger partial charge in [0, 0.05) is 31.6 Å². The number of hydrogen-bond donors (Lipinski definition) is 1. The molecule has 2 rings (SSSR count). The number of nitrogens with zero attached hydrogens (tertiary/aromatic N) is 2. The quantitative estimate of drug-likeness (QED) is 0.784. The highest BCUT2D eigenvalue weighted by atomic mass is 32.2. The molecule has 1 atom stereocenters. The molecular formula is C9H15N3S. The van der Waals surface area contributed by atoms with Crippen molar-refractivity contribution in [3.8, 4) is 0 Å². The molecule has 1 fully saturated rings. The number of hydrogen-bond acceptors (Lipinski definition) is 3. The van der Waals surface area contributed by atoms with Crippen LogP contribution in [0.5, 0.6) is 0 Å².